The number of carbonyl (C=O) groups is 3. The maximum atomic E-state index is 14.1. The Balaban J connectivity index is 2.49. The van der Waals surface area contributed by atoms with Gasteiger partial charge in [-0.3, -0.25) is 9.59 Å². The number of carbonyl (C=O) groups excluding carboxylic acids is 3. The number of benzene rings is 2. The van der Waals surface area contributed by atoms with Crippen LogP contribution < -0.4 is 15.4 Å². The highest BCUT2D eigenvalue weighted by Gasteiger charge is 2.37. The average molecular weight is 526 g/mol. The number of alkyl carbamates (subject to hydrolysis) is 1. The van der Waals surface area contributed by atoms with Crippen molar-refractivity contribution in [2.24, 2.45) is 5.92 Å². The molecule has 8 heteroatoms. The molecule has 2 unspecified atom stereocenters. The summed E-state index contributed by atoms with van der Waals surface area (Å²) in [6, 6.07) is 12.8. The zero-order valence-electron chi connectivity index (χ0n) is 24.0. The van der Waals surface area contributed by atoms with Crippen LogP contribution in [0.1, 0.15) is 71.6 Å². The first-order chi connectivity index (χ1) is 17.9. The Bertz CT molecular complexity index is 1080. The summed E-state index contributed by atoms with van der Waals surface area (Å²) in [5.74, 6) is -0.242. The monoisotopic (exact) mass is 525 g/mol. The van der Waals surface area contributed by atoms with E-state index in [0.717, 1.165) is 12.0 Å². The lowest BCUT2D eigenvalue weighted by Gasteiger charge is -2.35. The van der Waals surface area contributed by atoms with Gasteiger partial charge < -0.3 is 25.0 Å². The lowest BCUT2D eigenvalue weighted by atomic mass is 9.97. The Labute approximate surface area is 227 Å². The normalized spacial score (nSPS) is 12.9. The van der Waals surface area contributed by atoms with Crippen molar-refractivity contribution >= 4 is 23.6 Å². The highest BCUT2D eigenvalue weighted by molar-refractivity contribution is 5.99. The van der Waals surface area contributed by atoms with E-state index in [-0.39, 0.29) is 17.7 Å². The van der Waals surface area contributed by atoms with E-state index < -0.39 is 23.8 Å². The highest BCUT2D eigenvalue weighted by atomic mass is 16.6. The Morgan fingerprint density at radius 3 is 2.21 bits per heavy atom. The standard InChI is InChI=1S/C30H43N3O5/c1-9-10-18-33(28(35)25(20(2)3)32-29(36)38-30(5,6)7)26(22-13-11-12-21(4)19-22)27(34)31-23-14-16-24(37-8)17-15-23/h11-17,19-20,25-26H,9-10,18H2,1-8H3,(H,31,34)(H,32,36). The minimum Gasteiger partial charge on any atom is -0.497 e. The number of rotatable bonds is 11. The summed E-state index contributed by atoms with van der Waals surface area (Å²) in [5, 5.41) is 5.71. The van der Waals surface area contributed by atoms with E-state index in [9.17, 15) is 14.4 Å². The second-order valence-corrected chi connectivity index (χ2v) is 10.8. The van der Waals surface area contributed by atoms with Crippen LogP contribution in [0.2, 0.25) is 0 Å². The van der Waals surface area contributed by atoms with E-state index in [1.807, 2.05) is 52.0 Å². The zero-order chi connectivity index (χ0) is 28.5. The second-order valence-electron chi connectivity index (χ2n) is 10.8. The minimum atomic E-state index is -0.905. The fourth-order valence-electron chi connectivity index (χ4n) is 4.02. The smallest absolute Gasteiger partial charge is 0.408 e. The molecule has 0 bridgehead atoms. The van der Waals surface area contributed by atoms with Gasteiger partial charge in [-0.25, -0.2) is 4.79 Å². The second kappa shape index (κ2) is 13.8. The summed E-state index contributed by atoms with van der Waals surface area (Å²) >= 11 is 0. The fraction of sp³-hybridized carbons (Fsp3) is 0.500. The van der Waals surface area contributed by atoms with Crippen LogP contribution in [0.4, 0.5) is 10.5 Å². The van der Waals surface area contributed by atoms with Gasteiger partial charge in [0.2, 0.25) is 5.91 Å². The van der Waals surface area contributed by atoms with Gasteiger partial charge in [0.15, 0.2) is 0 Å². The molecule has 0 saturated heterocycles. The molecule has 0 radical (unpaired) electrons. The van der Waals surface area contributed by atoms with Crippen LogP contribution in [0, 0.1) is 12.8 Å². The number of nitrogens with one attached hydrogen (secondary N) is 2. The van der Waals surface area contributed by atoms with Crippen LogP contribution in [0.5, 0.6) is 5.75 Å². The van der Waals surface area contributed by atoms with Crippen molar-refractivity contribution in [3.63, 3.8) is 0 Å². The van der Waals surface area contributed by atoms with E-state index in [2.05, 4.69) is 10.6 Å². The predicted octanol–water partition coefficient (Wildman–Crippen LogP) is 5.86. The first-order valence-corrected chi connectivity index (χ1v) is 13.2. The molecular weight excluding hydrogens is 482 g/mol. The minimum absolute atomic E-state index is 0.234. The molecule has 2 rings (SSSR count). The summed E-state index contributed by atoms with van der Waals surface area (Å²) < 4.78 is 10.6. The third-order valence-corrected chi connectivity index (χ3v) is 5.92. The maximum absolute atomic E-state index is 14.1. The van der Waals surface area contributed by atoms with Gasteiger partial charge in [-0.2, -0.15) is 0 Å². The Hall–Kier alpha value is -3.55. The lowest BCUT2D eigenvalue weighted by Crippen LogP contribution is -2.54. The lowest BCUT2D eigenvalue weighted by molar-refractivity contribution is -0.141. The molecule has 0 aliphatic carbocycles. The molecule has 2 N–H and O–H groups in total. The van der Waals surface area contributed by atoms with Crippen LogP contribution in [-0.2, 0) is 14.3 Å². The maximum Gasteiger partial charge on any atom is 0.408 e. The van der Waals surface area contributed by atoms with Crippen LogP contribution in [0.15, 0.2) is 48.5 Å². The molecule has 0 heterocycles. The molecule has 0 aromatic heterocycles. The summed E-state index contributed by atoms with van der Waals surface area (Å²) in [5.41, 5.74) is 1.54. The molecule has 0 fully saturated rings. The molecule has 2 aromatic rings. The number of nitrogens with zero attached hydrogens (tertiary/aromatic N) is 1. The van der Waals surface area contributed by atoms with E-state index in [1.54, 1.807) is 57.0 Å². The average Bonchev–Trinajstić information content (AvgIpc) is 2.83. The molecule has 0 saturated carbocycles. The van der Waals surface area contributed by atoms with Crippen molar-refractivity contribution in [3.05, 3.63) is 59.7 Å². The van der Waals surface area contributed by atoms with Gasteiger partial charge in [0, 0.05) is 12.2 Å². The van der Waals surface area contributed by atoms with Gasteiger partial charge in [-0.05, 0) is 69.9 Å². The number of methoxy groups -OCH3 is 1. The predicted molar refractivity (Wildman–Crippen MR) is 150 cm³/mol. The van der Waals surface area contributed by atoms with E-state index >= 15 is 0 Å². The van der Waals surface area contributed by atoms with Crippen LogP contribution in [0.25, 0.3) is 0 Å². The molecular formula is C30H43N3O5. The zero-order valence-corrected chi connectivity index (χ0v) is 24.0. The Morgan fingerprint density at radius 1 is 1.03 bits per heavy atom. The van der Waals surface area contributed by atoms with Gasteiger partial charge in [-0.15, -0.1) is 0 Å². The van der Waals surface area contributed by atoms with Crippen molar-refractivity contribution in [1.82, 2.24) is 10.2 Å². The van der Waals surface area contributed by atoms with Gasteiger partial charge >= 0.3 is 6.09 Å². The summed E-state index contributed by atoms with van der Waals surface area (Å²) in [7, 11) is 1.58. The molecule has 38 heavy (non-hydrogen) atoms. The number of hydrogen-bond acceptors (Lipinski definition) is 5. The molecule has 8 nitrogen and oxygen atoms in total. The van der Waals surface area contributed by atoms with E-state index in [4.69, 9.17) is 9.47 Å². The number of aryl methyl sites for hydroxylation is 1. The van der Waals surface area contributed by atoms with Crippen molar-refractivity contribution in [2.75, 3.05) is 19.0 Å². The number of anilines is 1. The van der Waals surface area contributed by atoms with Gasteiger partial charge in [0.25, 0.3) is 5.91 Å². The number of amides is 3. The quantitative estimate of drug-likeness (QED) is 0.383. The molecule has 0 aliphatic rings. The molecule has 208 valence electrons. The number of ether oxygens (including phenoxy) is 2. The number of unbranched alkanes of at least 4 members (excludes halogenated alkanes) is 1. The molecule has 3 amide bonds. The van der Waals surface area contributed by atoms with E-state index in [0.29, 0.717) is 30.0 Å². The number of hydrogen-bond donors (Lipinski definition) is 2. The third kappa shape index (κ3) is 9.08. The SMILES string of the molecule is CCCCN(C(=O)C(NC(=O)OC(C)(C)C)C(C)C)C(C(=O)Nc1ccc(OC)cc1)c1cccc(C)c1. The topological polar surface area (TPSA) is 97.0 Å². The summed E-state index contributed by atoms with van der Waals surface area (Å²) in [6.45, 7) is 13.3. The first-order valence-electron chi connectivity index (χ1n) is 13.2. The van der Waals surface area contributed by atoms with E-state index in [1.165, 1.54) is 0 Å². The van der Waals surface area contributed by atoms with Crippen LogP contribution in [0.3, 0.4) is 0 Å². The van der Waals surface area contributed by atoms with Crippen molar-refractivity contribution in [1.29, 1.82) is 0 Å². The van der Waals surface area contributed by atoms with Crippen LogP contribution >= 0.6 is 0 Å². The van der Waals surface area contributed by atoms with Crippen molar-refractivity contribution < 1.29 is 23.9 Å². The largest absolute Gasteiger partial charge is 0.497 e. The van der Waals surface area contributed by atoms with Crippen LogP contribution in [-0.4, -0.2) is 48.1 Å². The Morgan fingerprint density at radius 2 is 1.68 bits per heavy atom. The molecule has 0 aliphatic heterocycles. The Kier molecular flexibility index (Phi) is 11.2. The molecule has 2 aromatic carbocycles. The summed E-state index contributed by atoms with van der Waals surface area (Å²) in [6.07, 6.45) is 0.854. The van der Waals surface area contributed by atoms with Gasteiger partial charge in [0.05, 0.1) is 7.11 Å². The first kappa shape index (κ1) is 30.7. The van der Waals surface area contributed by atoms with Crippen molar-refractivity contribution in [3.8, 4) is 5.75 Å². The van der Waals surface area contributed by atoms with Crippen molar-refractivity contribution in [2.45, 2.75) is 79.0 Å². The fourth-order valence-corrected chi connectivity index (χ4v) is 4.02. The molecule has 0 spiro atoms. The highest BCUT2D eigenvalue weighted by Crippen LogP contribution is 2.27. The van der Waals surface area contributed by atoms with Gasteiger partial charge in [0.1, 0.15) is 23.4 Å². The summed E-state index contributed by atoms with van der Waals surface area (Å²) in [4.78, 5) is 42.1. The molecule has 2 atom stereocenters. The van der Waals surface area contributed by atoms with Gasteiger partial charge in [-0.1, -0.05) is 57.0 Å². The third-order valence-electron chi connectivity index (χ3n) is 5.92.